The van der Waals surface area contributed by atoms with E-state index >= 15 is 0 Å². The summed E-state index contributed by atoms with van der Waals surface area (Å²) in [6, 6.07) is 6.33. The van der Waals surface area contributed by atoms with Gasteiger partial charge in [0.05, 0.1) is 10.6 Å². The molecule has 1 aromatic carbocycles. The average molecular weight is 220 g/mol. The second-order valence-corrected chi connectivity index (χ2v) is 3.49. The van der Waals surface area contributed by atoms with Gasteiger partial charge in [0, 0.05) is 25.1 Å². The van der Waals surface area contributed by atoms with Crippen molar-refractivity contribution in [3.8, 4) is 0 Å². The highest BCUT2D eigenvalue weighted by atomic mass is 16.6. The van der Waals surface area contributed by atoms with Gasteiger partial charge in [-0.05, 0) is 12.5 Å². The van der Waals surface area contributed by atoms with E-state index in [1.807, 2.05) is 0 Å². The van der Waals surface area contributed by atoms with E-state index in [0.29, 0.717) is 5.69 Å². The van der Waals surface area contributed by atoms with Gasteiger partial charge in [0.25, 0.3) is 5.69 Å². The van der Waals surface area contributed by atoms with Gasteiger partial charge >= 0.3 is 0 Å². The Kier molecular flexibility index (Phi) is 3.00. The third-order valence-electron chi connectivity index (χ3n) is 2.28. The lowest BCUT2D eigenvalue weighted by Gasteiger charge is -2.08. The van der Waals surface area contributed by atoms with Gasteiger partial charge in [-0.25, -0.2) is 0 Å². The second-order valence-electron chi connectivity index (χ2n) is 3.49. The zero-order valence-corrected chi connectivity index (χ0v) is 8.64. The fourth-order valence-corrected chi connectivity index (χ4v) is 1.48. The lowest BCUT2D eigenvalue weighted by molar-refractivity contribution is -0.384. The lowest BCUT2D eigenvalue weighted by atomic mass is 10.3. The minimum absolute atomic E-state index is 0.0696. The molecular formula is C10H12N4O2. The third kappa shape index (κ3) is 2.47. The molecule has 0 saturated heterocycles. The molecule has 6 nitrogen and oxygen atoms in total. The number of non-ortho nitro benzene ring substituents is 1. The summed E-state index contributed by atoms with van der Waals surface area (Å²) < 4.78 is 0. The van der Waals surface area contributed by atoms with Crippen LogP contribution < -0.4 is 10.9 Å². The first-order valence-electron chi connectivity index (χ1n) is 5.05. The molecule has 0 saturated carbocycles. The summed E-state index contributed by atoms with van der Waals surface area (Å²) in [6.45, 7) is 0.846. The third-order valence-corrected chi connectivity index (χ3v) is 2.28. The summed E-state index contributed by atoms with van der Waals surface area (Å²) in [5, 5.41) is 10.5. The van der Waals surface area contributed by atoms with Crippen molar-refractivity contribution >= 4 is 17.2 Å². The Balaban J connectivity index is 1.98. The van der Waals surface area contributed by atoms with Crippen molar-refractivity contribution in [2.75, 3.05) is 12.0 Å². The van der Waals surface area contributed by atoms with Crippen LogP contribution in [-0.4, -0.2) is 17.3 Å². The highest BCUT2D eigenvalue weighted by molar-refractivity contribution is 5.84. The Morgan fingerprint density at radius 2 is 2.25 bits per heavy atom. The first kappa shape index (κ1) is 10.4. The van der Waals surface area contributed by atoms with Crippen LogP contribution in [0, 0.1) is 10.1 Å². The molecule has 0 bridgehead atoms. The van der Waals surface area contributed by atoms with Crippen LogP contribution in [0.5, 0.6) is 0 Å². The highest BCUT2D eigenvalue weighted by Gasteiger charge is 2.07. The van der Waals surface area contributed by atoms with Gasteiger partial charge in [0.1, 0.15) is 5.84 Å². The Bertz CT molecular complexity index is 431. The number of aliphatic imine (C=N–C) groups is 1. The van der Waals surface area contributed by atoms with Crippen LogP contribution in [0.15, 0.2) is 29.3 Å². The normalized spacial score (nSPS) is 14.4. The molecule has 0 fully saturated rings. The molecule has 1 aliphatic heterocycles. The quantitative estimate of drug-likeness (QED) is 0.600. The van der Waals surface area contributed by atoms with Crippen LogP contribution >= 0.6 is 0 Å². The minimum atomic E-state index is -0.418. The van der Waals surface area contributed by atoms with Gasteiger partial charge in [-0.2, -0.15) is 0 Å². The van der Waals surface area contributed by atoms with Crippen LogP contribution in [0.2, 0.25) is 0 Å². The molecule has 0 aliphatic carbocycles. The number of anilines is 1. The van der Waals surface area contributed by atoms with Gasteiger partial charge in [-0.3, -0.25) is 26.0 Å². The van der Waals surface area contributed by atoms with Crippen LogP contribution in [0.4, 0.5) is 11.4 Å². The average Bonchev–Trinajstić information content (AvgIpc) is 2.79. The second kappa shape index (κ2) is 4.61. The first-order valence-corrected chi connectivity index (χ1v) is 5.05. The van der Waals surface area contributed by atoms with E-state index in [1.165, 1.54) is 12.1 Å². The molecular weight excluding hydrogens is 208 g/mol. The molecule has 2 N–H and O–H groups in total. The predicted molar refractivity (Wildman–Crippen MR) is 61.4 cm³/mol. The molecule has 84 valence electrons. The summed E-state index contributed by atoms with van der Waals surface area (Å²) in [7, 11) is 0. The van der Waals surface area contributed by atoms with Crippen molar-refractivity contribution in [2.45, 2.75) is 12.8 Å². The van der Waals surface area contributed by atoms with Gasteiger partial charge < -0.3 is 0 Å². The van der Waals surface area contributed by atoms with Gasteiger partial charge in [-0.15, -0.1) is 0 Å². The minimum Gasteiger partial charge on any atom is -0.300 e. The van der Waals surface area contributed by atoms with E-state index in [9.17, 15) is 10.1 Å². The summed E-state index contributed by atoms with van der Waals surface area (Å²) >= 11 is 0. The number of hydrazine groups is 1. The van der Waals surface area contributed by atoms with Gasteiger partial charge in [-0.1, -0.05) is 6.07 Å². The standard InChI is InChI=1S/C10H12N4O2/c15-14(16)9-4-1-3-8(7-9)12-13-10-5-2-6-11-10/h1,3-4,7,12H,2,5-6H2,(H,11,13). The zero-order chi connectivity index (χ0) is 11.4. The van der Waals surface area contributed by atoms with E-state index in [0.717, 1.165) is 25.2 Å². The molecule has 6 heteroatoms. The van der Waals surface area contributed by atoms with E-state index in [4.69, 9.17) is 0 Å². The summed E-state index contributed by atoms with van der Waals surface area (Å²) in [6.07, 6.45) is 1.97. The number of nitrogens with zero attached hydrogens (tertiary/aromatic N) is 2. The smallest absolute Gasteiger partial charge is 0.271 e. The van der Waals surface area contributed by atoms with Crippen LogP contribution in [0.25, 0.3) is 0 Å². The molecule has 1 aromatic rings. The summed E-state index contributed by atoms with van der Waals surface area (Å²) in [4.78, 5) is 14.3. The van der Waals surface area contributed by atoms with Crippen LogP contribution in [-0.2, 0) is 0 Å². The molecule has 1 aliphatic rings. The summed E-state index contributed by atoms with van der Waals surface area (Å²) in [5.41, 5.74) is 6.56. The Labute approximate surface area is 92.5 Å². The molecule has 0 amide bonds. The molecule has 0 aromatic heterocycles. The van der Waals surface area contributed by atoms with E-state index in [1.54, 1.807) is 12.1 Å². The van der Waals surface area contributed by atoms with Crippen molar-refractivity contribution in [1.82, 2.24) is 5.43 Å². The molecule has 1 heterocycles. The van der Waals surface area contributed by atoms with Crippen LogP contribution in [0.3, 0.4) is 0 Å². The van der Waals surface area contributed by atoms with Crippen molar-refractivity contribution in [3.63, 3.8) is 0 Å². The monoisotopic (exact) mass is 220 g/mol. The maximum atomic E-state index is 10.5. The molecule has 2 rings (SSSR count). The molecule has 0 radical (unpaired) electrons. The SMILES string of the molecule is O=[N+]([O-])c1cccc(NNC2=NCCC2)c1. The number of nitro benzene ring substituents is 1. The number of amidine groups is 1. The number of hydrogen-bond donors (Lipinski definition) is 2. The fourth-order valence-electron chi connectivity index (χ4n) is 1.48. The fraction of sp³-hybridized carbons (Fsp3) is 0.300. The molecule has 0 unspecified atom stereocenters. The number of hydrogen-bond acceptors (Lipinski definition) is 5. The molecule has 16 heavy (non-hydrogen) atoms. The summed E-state index contributed by atoms with van der Waals surface area (Å²) in [5.74, 6) is 0.895. The maximum absolute atomic E-state index is 10.5. The number of rotatable bonds is 3. The highest BCUT2D eigenvalue weighted by Crippen LogP contribution is 2.16. The number of nitrogens with one attached hydrogen (secondary N) is 2. The number of benzene rings is 1. The van der Waals surface area contributed by atoms with Gasteiger partial charge in [0.15, 0.2) is 0 Å². The molecule has 0 spiro atoms. The lowest BCUT2D eigenvalue weighted by Crippen LogP contribution is -2.27. The predicted octanol–water partition coefficient (Wildman–Crippen LogP) is 1.70. The van der Waals surface area contributed by atoms with Crippen molar-refractivity contribution < 1.29 is 4.92 Å². The van der Waals surface area contributed by atoms with Crippen molar-refractivity contribution in [1.29, 1.82) is 0 Å². The first-order chi connectivity index (χ1) is 7.75. The van der Waals surface area contributed by atoms with E-state index < -0.39 is 4.92 Å². The maximum Gasteiger partial charge on any atom is 0.271 e. The molecule has 0 atom stereocenters. The largest absolute Gasteiger partial charge is 0.300 e. The zero-order valence-electron chi connectivity index (χ0n) is 8.64. The van der Waals surface area contributed by atoms with E-state index in [2.05, 4.69) is 15.8 Å². The van der Waals surface area contributed by atoms with Gasteiger partial charge in [0.2, 0.25) is 0 Å². The topological polar surface area (TPSA) is 79.6 Å². The Morgan fingerprint density at radius 1 is 1.38 bits per heavy atom. The van der Waals surface area contributed by atoms with Crippen LogP contribution in [0.1, 0.15) is 12.8 Å². The van der Waals surface area contributed by atoms with E-state index in [-0.39, 0.29) is 5.69 Å². The Hall–Kier alpha value is -2.11. The van der Waals surface area contributed by atoms with Crippen molar-refractivity contribution in [2.24, 2.45) is 4.99 Å². The number of nitro groups is 1. The Morgan fingerprint density at radius 3 is 2.94 bits per heavy atom. The van der Waals surface area contributed by atoms with Crippen molar-refractivity contribution in [3.05, 3.63) is 34.4 Å².